The number of rotatable bonds is 6. The Balaban J connectivity index is 0.00000264. The van der Waals surface area contributed by atoms with E-state index >= 15 is 0 Å². The van der Waals surface area contributed by atoms with Crippen LogP contribution in [0.4, 0.5) is 4.39 Å². The number of carbonyl (C=O) groups excluding carboxylic acids is 1. The van der Waals surface area contributed by atoms with Gasteiger partial charge in [0.25, 0.3) is 0 Å². The molecule has 3 N–H and O–H groups in total. The van der Waals surface area contributed by atoms with Crippen molar-refractivity contribution < 1.29 is 18.4 Å². The molecule has 2 aromatic rings. The van der Waals surface area contributed by atoms with Gasteiger partial charge in [-0.25, -0.2) is 4.39 Å². The number of halogens is 2. The SMILES string of the molecule is COCC(N)C(=O)NC(c1noc(C)n1)c1ccccc1F.Cl. The largest absolute Gasteiger partial charge is 0.383 e. The molecule has 1 amide bonds. The summed E-state index contributed by atoms with van der Waals surface area (Å²) in [6.45, 7) is 1.65. The van der Waals surface area contributed by atoms with Gasteiger partial charge in [0, 0.05) is 19.6 Å². The van der Waals surface area contributed by atoms with Crippen LogP contribution in [0.1, 0.15) is 23.3 Å². The zero-order valence-electron chi connectivity index (χ0n) is 12.7. The minimum atomic E-state index is -0.894. The van der Waals surface area contributed by atoms with Crippen LogP contribution in [0.15, 0.2) is 28.8 Å². The number of carbonyl (C=O) groups is 1. The average Bonchev–Trinajstić information content (AvgIpc) is 2.92. The molecule has 1 aromatic heterocycles. The molecule has 2 unspecified atom stereocenters. The van der Waals surface area contributed by atoms with Gasteiger partial charge in [0.2, 0.25) is 11.8 Å². The zero-order valence-corrected chi connectivity index (χ0v) is 13.5. The van der Waals surface area contributed by atoms with Crippen LogP contribution in [-0.2, 0) is 9.53 Å². The number of benzene rings is 1. The van der Waals surface area contributed by atoms with E-state index in [0.29, 0.717) is 5.89 Å². The van der Waals surface area contributed by atoms with E-state index in [2.05, 4.69) is 15.5 Å². The highest BCUT2D eigenvalue weighted by Crippen LogP contribution is 2.22. The molecule has 0 bridgehead atoms. The minimum absolute atomic E-state index is 0. The van der Waals surface area contributed by atoms with Crippen LogP contribution in [0.25, 0.3) is 0 Å². The highest BCUT2D eigenvalue weighted by atomic mass is 35.5. The molecule has 7 nitrogen and oxygen atoms in total. The fraction of sp³-hybridized carbons (Fsp3) is 0.357. The van der Waals surface area contributed by atoms with Crippen LogP contribution in [0.3, 0.4) is 0 Å². The molecule has 2 atom stereocenters. The lowest BCUT2D eigenvalue weighted by Crippen LogP contribution is -2.45. The number of nitrogens with two attached hydrogens (primary N) is 1. The van der Waals surface area contributed by atoms with Crippen LogP contribution < -0.4 is 11.1 Å². The summed E-state index contributed by atoms with van der Waals surface area (Å²) < 4.78 is 23.8. The van der Waals surface area contributed by atoms with Crippen molar-refractivity contribution in [3.63, 3.8) is 0 Å². The van der Waals surface area contributed by atoms with Gasteiger partial charge < -0.3 is 20.3 Å². The molecule has 0 saturated heterocycles. The van der Waals surface area contributed by atoms with Gasteiger partial charge in [-0.1, -0.05) is 23.4 Å². The Hall–Kier alpha value is -2.03. The molecule has 9 heteroatoms. The molecule has 0 aliphatic heterocycles. The van der Waals surface area contributed by atoms with Gasteiger partial charge in [-0.2, -0.15) is 4.98 Å². The van der Waals surface area contributed by atoms with E-state index in [4.69, 9.17) is 15.0 Å². The molecule has 126 valence electrons. The quantitative estimate of drug-likeness (QED) is 0.814. The van der Waals surface area contributed by atoms with Crippen molar-refractivity contribution >= 4 is 18.3 Å². The van der Waals surface area contributed by atoms with Crippen molar-refractivity contribution in [2.45, 2.75) is 19.0 Å². The molecule has 0 aliphatic carbocycles. The van der Waals surface area contributed by atoms with Gasteiger partial charge in [0.1, 0.15) is 17.9 Å². The Bertz CT molecular complexity index is 652. The number of methoxy groups -OCH3 is 1. The van der Waals surface area contributed by atoms with E-state index in [1.54, 1.807) is 19.1 Å². The number of aryl methyl sites for hydroxylation is 1. The van der Waals surface area contributed by atoms with Gasteiger partial charge in [0.15, 0.2) is 5.82 Å². The van der Waals surface area contributed by atoms with Crippen molar-refractivity contribution in [3.8, 4) is 0 Å². The van der Waals surface area contributed by atoms with E-state index in [1.807, 2.05) is 0 Å². The first-order valence-corrected chi connectivity index (χ1v) is 6.62. The third-order valence-electron chi connectivity index (χ3n) is 2.99. The maximum atomic E-state index is 14.0. The van der Waals surface area contributed by atoms with Crippen LogP contribution in [0, 0.1) is 12.7 Å². The molecule has 1 heterocycles. The van der Waals surface area contributed by atoms with Crippen LogP contribution in [0.5, 0.6) is 0 Å². The summed E-state index contributed by atoms with van der Waals surface area (Å²) in [5.41, 5.74) is 5.90. The summed E-state index contributed by atoms with van der Waals surface area (Å²) >= 11 is 0. The molecule has 0 saturated carbocycles. The number of ether oxygens (including phenoxy) is 1. The first kappa shape index (κ1) is 19.0. The average molecular weight is 345 g/mol. The van der Waals surface area contributed by atoms with Crippen molar-refractivity contribution in [1.29, 1.82) is 0 Å². The van der Waals surface area contributed by atoms with Gasteiger partial charge in [-0.3, -0.25) is 4.79 Å². The minimum Gasteiger partial charge on any atom is -0.383 e. The molecule has 0 aliphatic rings. The first-order chi connectivity index (χ1) is 10.5. The maximum absolute atomic E-state index is 14.0. The molecule has 23 heavy (non-hydrogen) atoms. The zero-order chi connectivity index (χ0) is 16.1. The van der Waals surface area contributed by atoms with Crippen LogP contribution >= 0.6 is 12.4 Å². The predicted molar refractivity (Wildman–Crippen MR) is 82.5 cm³/mol. The number of amides is 1. The summed E-state index contributed by atoms with van der Waals surface area (Å²) in [6.07, 6.45) is 0. The molecular formula is C14H18ClFN4O3. The fourth-order valence-corrected chi connectivity index (χ4v) is 1.93. The summed E-state index contributed by atoms with van der Waals surface area (Å²) in [4.78, 5) is 16.1. The predicted octanol–water partition coefficient (Wildman–Crippen LogP) is 1.12. The normalized spacial score (nSPS) is 13.0. The van der Waals surface area contributed by atoms with Crippen molar-refractivity contribution in [2.24, 2.45) is 5.73 Å². The summed E-state index contributed by atoms with van der Waals surface area (Å²) in [5, 5.41) is 6.37. The number of hydrogen-bond donors (Lipinski definition) is 2. The lowest BCUT2D eigenvalue weighted by atomic mass is 10.1. The monoisotopic (exact) mass is 344 g/mol. The van der Waals surface area contributed by atoms with Crippen molar-refractivity contribution in [2.75, 3.05) is 13.7 Å². The molecule has 0 fully saturated rings. The second kappa shape index (κ2) is 8.56. The van der Waals surface area contributed by atoms with Gasteiger partial charge in [0.05, 0.1) is 6.61 Å². The number of nitrogens with zero attached hydrogens (tertiary/aromatic N) is 2. The maximum Gasteiger partial charge on any atom is 0.240 e. The molecule has 2 rings (SSSR count). The summed E-state index contributed by atoms with van der Waals surface area (Å²) in [5.74, 6) is -0.527. The number of hydrogen-bond acceptors (Lipinski definition) is 6. The third kappa shape index (κ3) is 4.72. The lowest BCUT2D eigenvalue weighted by Gasteiger charge is -2.19. The summed E-state index contributed by atoms with van der Waals surface area (Å²) in [7, 11) is 1.43. The Labute approximate surface area is 138 Å². The Morgan fingerprint density at radius 2 is 2.17 bits per heavy atom. The van der Waals surface area contributed by atoms with E-state index in [0.717, 1.165) is 0 Å². The standard InChI is InChI=1S/C14H17FN4O3.ClH/c1-8-17-13(19-22-8)12(9-5-3-4-6-10(9)15)18-14(20)11(16)7-21-2;/h3-6,11-12H,7,16H2,1-2H3,(H,18,20);1H. The van der Waals surface area contributed by atoms with E-state index in [1.165, 1.54) is 19.2 Å². The van der Waals surface area contributed by atoms with E-state index < -0.39 is 23.8 Å². The molecular weight excluding hydrogens is 327 g/mol. The van der Waals surface area contributed by atoms with Crippen molar-refractivity contribution in [3.05, 3.63) is 47.4 Å². The highest BCUT2D eigenvalue weighted by Gasteiger charge is 2.26. The van der Waals surface area contributed by atoms with Gasteiger partial charge in [-0.05, 0) is 6.07 Å². The van der Waals surface area contributed by atoms with Crippen LogP contribution in [0.2, 0.25) is 0 Å². The topological polar surface area (TPSA) is 103 Å². The van der Waals surface area contributed by atoms with Crippen molar-refractivity contribution in [1.82, 2.24) is 15.5 Å². The number of aromatic nitrogens is 2. The molecule has 1 aromatic carbocycles. The highest BCUT2D eigenvalue weighted by molar-refractivity contribution is 5.85. The van der Waals surface area contributed by atoms with E-state index in [-0.39, 0.29) is 30.4 Å². The number of nitrogens with one attached hydrogen (secondary N) is 1. The fourth-order valence-electron chi connectivity index (χ4n) is 1.93. The lowest BCUT2D eigenvalue weighted by molar-refractivity contribution is -0.124. The van der Waals surface area contributed by atoms with E-state index in [9.17, 15) is 9.18 Å². The molecule has 0 spiro atoms. The molecule has 0 radical (unpaired) electrons. The van der Waals surface area contributed by atoms with Gasteiger partial charge >= 0.3 is 0 Å². The summed E-state index contributed by atoms with van der Waals surface area (Å²) in [6, 6.07) is 4.25. The third-order valence-corrected chi connectivity index (χ3v) is 2.99. The second-order valence-electron chi connectivity index (χ2n) is 4.70. The Morgan fingerprint density at radius 3 is 2.74 bits per heavy atom. The van der Waals surface area contributed by atoms with Gasteiger partial charge in [-0.15, -0.1) is 12.4 Å². The Morgan fingerprint density at radius 1 is 1.48 bits per heavy atom. The Kier molecular flexibility index (Phi) is 7.08. The second-order valence-corrected chi connectivity index (χ2v) is 4.70. The van der Waals surface area contributed by atoms with Crippen LogP contribution in [-0.4, -0.2) is 35.8 Å². The smallest absolute Gasteiger partial charge is 0.240 e. The first-order valence-electron chi connectivity index (χ1n) is 6.62.